The Hall–Kier alpha value is -3.09. The minimum atomic E-state index is -0.284. The zero-order valence-corrected chi connectivity index (χ0v) is 12.0. The Balaban J connectivity index is 2.12. The molecule has 0 bridgehead atoms. The molecule has 110 valence electrons. The van der Waals surface area contributed by atoms with Crippen LogP contribution in [0.4, 0.5) is 4.79 Å². The molecule has 1 amide bonds. The fourth-order valence-electron chi connectivity index (χ4n) is 2.06. The van der Waals surface area contributed by atoms with Crippen LogP contribution in [0.5, 0.6) is 0 Å². The third-order valence-corrected chi connectivity index (χ3v) is 3.04. The van der Waals surface area contributed by atoms with E-state index in [0.29, 0.717) is 17.9 Å². The van der Waals surface area contributed by atoms with Gasteiger partial charge in [-0.15, -0.1) is 0 Å². The molecule has 0 aromatic carbocycles. The lowest BCUT2D eigenvalue weighted by atomic mass is 10.1. The number of nitrogens with zero attached hydrogens (tertiary/aromatic N) is 5. The van der Waals surface area contributed by atoms with Crippen LogP contribution in [0.15, 0.2) is 49.3 Å². The van der Waals surface area contributed by atoms with Crippen molar-refractivity contribution in [2.75, 3.05) is 6.54 Å². The van der Waals surface area contributed by atoms with Gasteiger partial charge in [0, 0.05) is 42.5 Å². The molecule has 0 fully saturated rings. The highest BCUT2D eigenvalue weighted by Gasteiger charge is 2.17. The standard InChI is InChI=1S/C15H14N6O/c1-2-18-15(22)21-9-12(13-5-7-17-10-19-13)14(20-21)11-4-3-6-16-8-11/h3-10H,2H2,1H3,(H,18,22). The number of rotatable bonds is 3. The van der Waals surface area contributed by atoms with Crippen molar-refractivity contribution in [3.05, 3.63) is 49.3 Å². The lowest BCUT2D eigenvalue weighted by molar-refractivity contribution is 0.240. The molecule has 0 unspecified atom stereocenters. The number of hydrogen-bond acceptors (Lipinski definition) is 5. The second-order valence-electron chi connectivity index (χ2n) is 4.51. The molecular weight excluding hydrogens is 280 g/mol. The number of pyridine rings is 1. The predicted molar refractivity (Wildman–Crippen MR) is 81.0 cm³/mol. The quantitative estimate of drug-likeness (QED) is 0.798. The highest BCUT2D eigenvalue weighted by Crippen LogP contribution is 2.28. The number of amides is 1. The Labute approximate surface area is 127 Å². The van der Waals surface area contributed by atoms with Crippen molar-refractivity contribution in [1.82, 2.24) is 30.0 Å². The van der Waals surface area contributed by atoms with Gasteiger partial charge in [0.25, 0.3) is 0 Å². The van der Waals surface area contributed by atoms with Crippen LogP contribution >= 0.6 is 0 Å². The second kappa shape index (κ2) is 6.13. The van der Waals surface area contributed by atoms with E-state index in [-0.39, 0.29) is 6.03 Å². The third kappa shape index (κ3) is 2.69. The molecule has 0 aliphatic heterocycles. The van der Waals surface area contributed by atoms with Gasteiger partial charge in [-0.2, -0.15) is 9.78 Å². The Bertz CT molecular complexity index is 712. The van der Waals surface area contributed by atoms with E-state index in [0.717, 1.165) is 11.1 Å². The van der Waals surface area contributed by atoms with Crippen molar-refractivity contribution in [3.63, 3.8) is 0 Å². The number of hydrogen-bond donors (Lipinski definition) is 1. The SMILES string of the molecule is CCNC(=O)n1cc(-c2ccncn2)c(-c2cccnc2)n1. The summed E-state index contributed by atoms with van der Waals surface area (Å²) in [5, 5.41) is 7.10. The summed E-state index contributed by atoms with van der Waals surface area (Å²) in [4.78, 5) is 24.3. The maximum atomic E-state index is 12.0. The first-order valence-corrected chi connectivity index (χ1v) is 6.84. The summed E-state index contributed by atoms with van der Waals surface area (Å²) in [6.45, 7) is 2.39. The molecule has 3 aromatic heterocycles. The van der Waals surface area contributed by atoms with Crippen LogP contribution in [0.2, 0.25) is 0 Å². The summed E-state index contributed by atoms with van der Waals surface area (Å²) < 4.78 is 1.28. The van der Waals surface area contributed by atoms with Crippen molar-refractivity contribution in [2.45, 2.75) is 6.92 Å². The second-order valence-corrected chi connectivity index (χ2v) is 4.51. The molecule has 7 heteroatoms. The monoisotopic (exact) mass is 294 g/mol. The van der Waals surface area contributed by atoms with Gasteiger partial charge in [-0.25, -0.2) is 14.8 Å². The number of nitrogens with one attached hydrogen (secondary N) is 1. The molecule has 3 heterocycles. The smallest absolute Gasteiger partial charge is 0.336 e. The van der Waals surface area contributed by atoms with Gasteiger partial charge in [0.2, 0.25) is 0 Å². The van der Waals surface area contributed by atoms with Crippen LogP contribution in [-0.2, 0) is 0 Å². The minimum Gasteiger partial charge on any atom is -0.336 e. The van der Waals surface area contributed by atoms with E-state index in [9.17, 15) is 4.79 Å². The van der Waals surface area contributed by atoms with Crippen LogP contribution in [0, 0.1) is 0 Å². The van der Waals surface area contributed by atoms with E-state index >= 15 is 0 Å². The van der Waals surface area contributed by atoms with Crippen LogP contribution in [-0.4, -0.2) is 37.3 Å². The Morgan fingerprint density at radius 3 is 2.86 bits per heavy atom. The Morgan fingerprint density at radius 1 is 1.27 bits per heavy atom. The van der Waals surface area contributed by atoms with Crippen molar-refractivity contribution in [1.29, 1.82) is 0 Å². The molecule has 0 spiro atoms. The van der Waals surface area contributed by atoms with E-state index in [1.54, 1.807) is 30.9 Å². The molecule has 1 N–H and O–H groups in total. The first kappa shape index (κ1) is 13.9. The first-order valence-electron chi connectivity index (χ1n) is 6.84. The lowest BCUT2D eigenvalue weighted by Gasteiger charge is -2.00. The van der Waals surface area contributed by atoms with E-state index in [1.165, 1.54) is 11.0 Å². The summed E-state index contributed by atoms with van der Waals surface area (Å²) in [6, 6.07) is 5.21. The third-order valence-electron chi connectivity index (χ3n) is 3.04. The average molecular weight is 294 g/mol. The summed E-state index contributed by atoms with van der Waals surface area (Å²) in [6.07, 6.45) is 8.17. The van der Waals surface area contributed by atoms with E-state index in [2.05, 4.69) is 25.4 Å². The van der Waals surface area contributed by atoms with Crippen LogP contribution in [0.25, 0.3) is 22.5 Å². The van der Waals surface area contributed by atoms with Gasteiger partial charge in [-0.1, -0.05) is 0 Å². The largest absolute Gasteiger partial charge is 0.342 e. The van der Waals surface area contributed by atoms with Gasteiger partial charge < -0.3 is 5.32 Å². The number of carbonyl (C=O) groups excluding carboxylic acids is 1. The van der Waals surface area contributed by atoms with Gasteiger partial charge in [0.1, 0.15) is 12.0 Å². The van der Waals surface area contributed by atoms with Gasteiger partial charge in [-0.05, 0) is 25.1 Å². The predicted octanol–water partition coefficient (Wildman–Crippen LogP) is 1.98. The fourth-order valence-corrected chi connectivity index (χ4v) is 2.06. The Morgan fingerprint density at radius 2 is 2.18 bits per heavy atom. The van der Waals surface area contributed by atoms with Crippen molar-refractivity contribution >= 4 is 6.03 Å². The molecule has 3 aromatic rings. The minimum absolute atomic E-state index is 0.284. The first-order chi connectivity index (χ1) is 10.8. The van der Waals surface area contributed by atoms with Crippen LogP contribution < -0.4 is 5.32 Å². The summed E-state index contributed by atoms with van der Waals surface area (Å²) in [5.41, 5.74) is 2.92. The molecule has 0 saturated heterocycles. The molecule has 22 heavy (non-hydrogen) atoms. The van der Waals surface area contributed by atoms with Gasteiger partial charge >= 0.3 is 6.03 Å². The molecule has 0 radical (unpaired) electrons. The summed E-state index contributed by atoms with van der Waals surface area (Å²) in [5.74, 6) is 0. The molecule has 0 aliphatic rings. The van der Waals surface area contributed by atoms with Crippen molar-refractivity contribution in [3.8, 4) is 22.5 Å². The molecule has 0 atom stereocenters. The fraction of sp³-hybridized carbons (Fsp3) is 0.133. The van der Waals surface area contributed by atoms with E-state index in [4.69, 9.17) is 0 Å². The summed E-state index contributed by atoms with van der Waals surface area (Å²) >= 11 is 0. The average Bonchev–Trinajstić information content (AvgIpc) is 3.02. The lowest BCUT2D eigenvalue weighted by Crippen LogP contribution is -2.28. The molecule has 7 nitrogen and oxygen atoms in total. The highest BCUT2D eigenvalue weighted by molar-refractivity contribution is 5.83. The zero-order valence-electron chi connectivity index (χ0n) is 12.0. The maximum Gasteiger partial charge on any atom is 0.342 e. The van der Waals surface area contributed by atoms with Crippen molar-refractivity contribution in [2.24, 2.45) is 0 Å². The number of carbonyl (C=O) groups is 1. The maximum absolute atomic E-state index is 12.0. The van der Waals surface area contributed by atoms with Gasteiger partial charge in [0.15, 0.2) is 0 Å². The Kier molecular flexibility index (Phi) is 3.86. The van der Waals surface area contributed by atoms with Gasteiger partial charge in [0.05, 0.1) is 5.69 Å². The molecule has 0 aliphatic carbocycles. The van der Waals surface area contributed by atoms with Crippen LogP contribution in [0.3, 0.4) is 0 Å². The molecule has 3 rings (SSSR count). The van der Waals surface area contributed by atoms with Crippen LogP contribution in [0.1, 0.15) is 6.92 Å². The van der Waals surface area contributed by atoms with E-state index < -0.39 is 0 Å². The zero-order chi connectivity index (χ0) is 15.4. The van der Waals surface area contributed by atoms with E-state index in [1.807, 2.05) is 19.1 Å². The topological polar surface area (TPSA) is 85.6 Å². The molecular formula is C15H14N6O. The normalized spacial score (nSPS) is 10.4. The summed E-state index contributed by atoms with van der Waals surface area (Å²) in [7, 11) is 0. The molecule has 0 saturated carbocycles. The highest BCUT2D eigenvalue weighted by atomic mass is 16.2. The van der Waals surface area contributed by atoms with Crippen molar-refractivity contribution < 1.29 is 4.79 Å². The van der Waals surface area contributed by atoms with Gasteiger partial charge in [-0.3, -0.25) is 4.98 Å². The number of aromatic nitrogens is 5.